The van der Waals surface area contributed by atoms with E-state index in [4.69, 9.17) is 39.5 Å². The van der Waals surface area contributed by atoms with Gasteiger partial charge < -0.3 is 9.64 Å². The van der Waals surface area contributed by atoms with Crippen molar-refractivity contribution < 1.29 is 13.9 Å². The van der Waals surface area contributed by atoms with E-state index >= 15 is 0 Å². The Balaban J connectivity index is 1.65. The fraction of sp³-hybridized carbons (Fsp3) is 0.333. The summed E-state index contributed by atoms with van der Waals surface area (Å²) in [4.78, 5) is 17.6. The van der Waals surface area contributed by atoms with Crippen LogP contribution >= 0.6 is 34.8 Å². The van der Waals surface area contributed by atoms with Crippen molar-refractivity contribution in [1.82, 2.24) is 4.98 Å². The molecule has 0 radical (unpaired) electrons. The van der Waals surface area contributed by atoms with Crippen LogP contribution in [0.2, 0.25) is 15.2 Å². The molecule has 26 heavy (non-hydrogen) atoms. The molecule has 3 rings (SSSR count). The molecule has 1 saturated heterocycles. The first-order chi connectivity index (χ1) is 12.3. The molecule has 0 bridgehead atoms. The number of carbonyl (C=O) groups excluding carboxylic acids is 1. The van der Waals surface area contributed by atoms with Crippen molar-refractivity contribution in [3.8, 4) is 5.75 Å². The van der Waals surface area contributed by atoms with Gasteiger partial charge in [-0.25, -0.2) is 9.37 Å². The highest BCUT2D eigenvalue weighted by atomic mass is 35.5. The molecule has 0 spiro atoms. The molecule has 0 amide bonds. The third-order valence-corrected chi connectivity index (χ3v) is 5.26. The molecule has 0 saturated carbocycles. The third kappa shape index (κ3) is 4.22. The van der Waals surface area contributed by atoms with Gasteiger partial charge in [0.15, 0.2) is 5.78 Å². The van der Waals surface area contributed by atoms with E-state index in [1.165, 1.54) is 19.1 Å². The number of hydrogen-bond donors (Lipinski definition) is 0. The minimum Gasteiger partial charge on any atom is -0.489 e. The minimum absolute atomic E-state index is 0.0377. The number of ketones is 1. The van der Waals surface area contributed by atoms with Crippen molar-refractivity contribution in [1.29, 1.82) is 0 Å². The van der Waals surface area contributed by atoms with Gasteiger partial charge >= 0.3 is 0 Å². The van der Waals surface area contributed by atoms with Crippen molar-refractivity contribution in [3.63, 3.8) is 0 Å². The molecule has 1 aliphatic rings. The number of anilines is 1. The van der Waals surface area contributed by atoms with Gasteiger partial charge in [0.25, 0.3) is 0 Å². The predicted molar refractivity (Wildman–Crippen MR) is 102 cm³/mol. The Morgan fingerprint density at radius 1 is 1.19 bits per heavy atom. The first-order valence-corrected chi connectivity index (χ1v) is 9.21. The Morgan fingerprint density at radius 2 is 1.88 bits per heavy atom. The lowest BCUT2D eigenvalue weighted by Crippen LogP contribution is -2.38. The Bertz CT molecular complexity index is 839. The molecule has 8 heteroatoms. The SMILES string of the molecule is CC(=O)c1cc(Cl)c(OC2CCN(c3cnc(Cl)c(Cl)c3)CC2)cc1F. The van der Waals surface area contributed by atoms with Gasteiger partial charge in [-0.2, -0.15) is 0 Å². The highest BCUT2D eigenvalue weighted by Gasteiger charge is 2.23. The summed E-state index contributed by atoms with van der Waals surface area (Å²) in [6.45, 7) is 2.76. The maximum Gasteiger partial charge on any atom is 0.162 e. The van der Waals surface area contributed by atoms with Crippen molar-refractivity contribution in [2.75, 3.05) is 18.0 Å². The fourth-order valence-corrected chi connectivity index (χ4v) is 3.36. The van der Waals surface area contributed by atoms with E-state index in [1.807, 2.05) is 0 Å². The summed E-state index contributed by atoms with van der Waals surface area (Å²) in [6.07, 6.45) is 3.04. The number of Topliss-reactive ketones (excluding diaryl/α,β-unsaturated/α-hetero) is 1. The zero-order valence-electron chi connectivity index (χ0n) is 13.9. The Labute approximate surface area is 165 Å². The lowest BCUT2D eigenvalue weighted by molar-refractivity contribution is 0.101. The number of benzene rings is 1. The predicted octanol–water partition coefficient (Wildman–Crippen LogP) is 5.43. The van der Waals surface area contributed by atoms with E-state index in [1.54, 1.807) is 12.3 Å². The van der Waals surface area contributed by atoms with Gasteiger partial charge in [-0.15, -0.1) is 0 Å². The van der Waals surface area contributed by atoms with Crippen LogP contribution < -0.4 is 9.64 Å². The summed E-state index contributed by atoms with van der Waals surface area (Å²) in [5.41, 5.74) is 0.858. The topological polar surface area (TPSA) is 42.4 Å². The van der Waals surface area contributed by atoms with Gasteiger partial charge in [-0.1, -0.05) is 34.8 Å². The van der Waals surface area contributed by atoms with Gasteiger partial charge in [0.05, 0.1) is 27.5 Å². The van der Waals surface area contributed by atoms with Gasteiger partial charge in [0.1, 0.15) is 22.8 Å². The number of aromatic nitrogens is 1. The zero-order valence-corrected chi connectivity index (χ0v) is 16.2. The molecule has 138 valence electrons. The monoisotopic (exact) mass is 416 g/mol. The number of halogens is 4. The van der Waals surface area contributed by atoms with Crippen LogP contribution in [0.4, 0.5) is 10.1 Å². The average molecular weight is 418 g/mol. The Kier molecular flexibility index (Phi) is 5.90. The van der Waals surface area contributed by atoms with E-state index in [0.717, 1.165) is 31.6 Å². The van der Waals surface area contributed by atoms with Crippen molar-refractivity contribution in [3.05, 3.63) is 51.0 Å². The molecule has 0 unspecified atom stereocenters. The molecule has 4 nitrogen and oxygen atoms in total. The maximum atomic E-state index is 14.0. The first kappa shape index (κ1) is 19.2. The largest absolute Gasteiger partial charge is 0.489 e. The average Bonchev–Trinajstić information content (AvgIpc) is 2.60. The molecular weight excluding hydrogens is 402 g/mol. The van der Waals surface area contributed by atoms with Crippen LogP contribution in [0, 0.1) is 5.82 Å². The van der Waals surface area contributed by atoms with Crippen LogP contribution in [0.15, 0.2) is 24.4 Å². The molecule has 1 aromatic carbocycles. The fourth-order valence-electron chi connectivity index (χ4n) is 2.88. The highest BCUT2D eigenvalue weighted by Crippen LogP contribution is 2.32. The zero-order chi connectivity index (χ0) is 18.8. The molecule has 2 aromatic rings. The first-order valence-electron chi connectivity index (χ1n) is 8.07. The smallest absolute Gasteiger partial charge is 0.162 e. The summed E-state index contributed by atoms with van der Waals surface area (Å²) in [6, 6.07) is 4.27. The molecule has 0 N–H and O–H groups in total. The van der Waals surface area contributed by atoms with Gasteiger partial charge in [-0.3, -0.25) is 4.79 Å². The van der Waals surface area contributed by atoms with Gasteiger partial charge in [0, 0.05) is 32.0 Å². The van der Waals surface area contributed by atoms with E-state index in [2.05, 4.69) is 9.88 Å². The number of rotatable bonds is 4. The molecule has 1 aromatic heterocycles. The quantitative estimate of drug-likeness (QED) is 0.491. The maximum absolute atomic E-state index is 14.0. The standard InChI is InChI=1S/C18H16Cl3FN2O2/c1-10(25)13-7-14(19)17(8-16(13)22)26-12-2-4-24(5-3-12)11-6-15(20)18(21)23-9-11/h6-9,12H,2-5H2,1H3. The summed E-state index contributed by atoms with van der Waals surface area (Å²) in [5, 5.41) is 0.919. The van der Waals surface area contributed by atoms with Gasteiger partial charge in [-0.05, 0) is 19.1 Å². The second kappa shape index (κ2) is 7.99. The number of carbonyl (C=O) groups is 1. The minimum atomic E-state index is -0.629. The third-order valence-electron chi connectivity index (χ3n) is 4.28. The summed E-state index contributed by atoms with van der Waals surface area (Å²) in [5.74, 6) is -0.750. The molecule has 1 fully saturated rings. The van der Waals surface area contributed by atoms with Crippen molar-refractivity contribution >= 4 is 46.3 Å². The number of hydrogen-bond acceptors (Lipinski definition) is 4. The van der Waals surface area contributed by atoms with Crippen molar-refractivity contribution in [2.45, 2.75) is 25.9 Å². The van der Waals surface area contributed by atoms with E-state index < -0.39 is 5.82 Å². The summed E-state index contributed by atoms with van der Waals surface area (Å²) in [7, 11) is 0. The second-order valence-corrected chi connectivity index (χ2v) is 7.26. The molecule has 0 aliphatic carbocycles. The Morgan fingerprint density at radius 3 is 2.50 bits per heavy atom. The lowest BCUT2D eigenvalue weighted by Gasteiger charge is -2.33. The molecule has 2 heterocycles. The van der Waals surface area contributed by atoms with Crippen LogP contribution in [0.5, 0.6) is 5.75 Å². The van der Waals surface area contributed by atoms with Crippen LogP contribution in [0.1, 0.15) is 30.1 Å². The molecule has 0 atom stereocenters. The normalized spacial score (nSPS) is 15.2. The number of nitrogens with zero attached hydrogens (tertiary/aromatic N) is 2. The van der Waals surface area contributed by atoms with Crippen molar-refractivity contribution in [2.24, 2.45) is 0 Å². The van der Waals surface area contributed by atoms with Crippen LogP contribution in [0.25, 0.3) is 0 Å². The molecule has 1 aliphatic heterocycles. The number of pyridine rings is 1. The van der Waals surface area contributed by atoms with Crippen LogP contribution in [0.3, 0.4) is 0 Å². The van der Waals surface area contributed by atoms with E-state index in [-0.39, 0.29) is 33.4 Å². The van der Waals surface area contributed by atoms with E-state index in [9.17, 15) is 9.18 Å². The highest BCUT2D eigenvalue weighted by molar-refractivity contribution is 6.41. The summed E-state index contributed by atoms with van der Waals surface area (Å²) < 4.78 is 19.8. The number of piperidine rings is 1. The van der Waals surface area contributed by atoms with Gasteiger partial charge in [0.2, 0.25) is 0 Å². The number of ether oxygens (including phenoxy) is 1. The summed E-state index contributed by atoms with van der Waals surface area (Å²) >= 11 is 18.0. The molecular formula is C18H16Cl3FN2O2. The lowest BCUT2D eigenvalue weighted by atomic mass is 10.1. The van der Waals surface area contributed by atoms with Crippen LogP contribution in [-0.4, -0.2) is 30.0 Å². The van der Waals surface area contributed by atoms with Crippen LogP contribution in [-0.2, 0) is 0 Å². The second-order valence-electron chi connectivity index (χ2n) is 6.09. The van der Waals surface area contributed by atoms with E-state index in [0.29, 0.717) is 5.02 Å². The Hall–Kier alpha value is -1.56.